The van der Waals surface area contributed by atoms with Crippen LogP contribution in [0.4, 0.5) is 0 Å². The predicted molar refractivity (Wildman–Crippen MR) is 68.7 cm³/mol. The van der Waals surface area contributed by atoms with Crippen LogP contribution in [0.2, 0.25) is 0 Å². The number of allylic oxidation sites excluding steroid dienone is 1. The molecule has 1 fully saturated rings. The van der Waals surface area contributed by atoms with Gasteiger partial charge in [-0.15, -0.1) is 6.58 Å². The number of aliphatic hydroxyl groups is 1. The summed E-state index contributed by atoms with van der Waals surface area (Å²) in [6, 6.07) is 0. The van der Waals surface area contributed by atoms with Crippen LogP contribution in [0, 0.1) is 5.39 Å². The zero-order valence-corrected chi connectivity index (χ0v) is 11.2. The molecule has 1 aliphatic rings. The highest BCUT2D eigenvalue weighted by Gasteiger charge is 2.46. The first kappa shape index (κ1) is 15.2. The molecule has 0 radical (unpaired) electrons. The molecular formula is C13H19N2O4+. The topological polar surface area (TPSA) is 83.9 Å². The van der Waals surface area contributed by atoms with Gasteiger partial charge in [-0.3, -0.25) is 4.79 Å². The van der Waals surface area contributed by atoms with Crippen LogP contribution < -0.4 is 0 Å². The third-order valence-corrected chi connectivity index (χ3v) is 3.14. The van der Waals surface area contributed by atoms with Gasteiger partial charge in [0.2, 0.25) is 5.39 Å². The second-order valence-electron chi connectivity index (χ2n) is 4.78. The fraction of sp³-hybridized carbons (Fsp3) is 0.615. The van der Waals surface area contributed by atoms with Crippen LogP contribution in [0.3, 0.4) is 0 Å². The highest BCUT2D eigenvalue weighted by atomic mass is 16.6. The normalized spacial score (nSPS) is 30.7. The van der Waals surface area contributed by atoms with Crippen LogP contribution in [0.15, 0.2) is 24.6 Å². The third-order valence-electron chi connectivity index (χ3n) is 3.14. The van der Waals surface area contributed by atoms with Gasteiger partial charge in [0.15, 0.2) is 10.7 Å². The largest absolute Gasteiger partial charge is 0.505 e. The zero-order chi connectivity index (χ0) is 14.5. The lowest BCUT2D eigenvalue weighted by Crippen LogP contribution is -2.39. The van der Waals surface area contributed by atoms with Crippen molar-refractivity contribution in [1.29, 1.82) is 5.39 Å². The van der Waals surface area contributed by atoms with Gasteiger partial charge in [0.25, 0.3) is 0 Å². The van der Waals surface area contributed by atoms with E-state index in [-0.39, 0.29) is 30.4 Å². The fourth-order valence-electron chi connectivity index (χ4n) is 2.29. The summed E-state index contributed by atoms with van der Waals surface area (Å²) >= 11 is 0. The summed E-state index contributed by atoms with van der Waals surface area (Å²) in [6.07, 6.45) is 3.37. The van der Waals surface area contributed by atoms with E-state index in [0.29, 0.717) is 12.8 Å². The summed E-state index contributed by atoms with van der Waals surface area (Å²) in [5, 5.41) is 17.7. The first-order valence-corrected chi connectivity index (χ1v) is 6.11. The number of nitrogens with zero attached hydrogens (tertiary/aromatic N) is 2. The predicted octanol–water partition coefficient (Wildman–Crippen LogP) is 2.68. The van der Waals surface area contributed by atoms with E-state index in [9.17, 15) is 9.90 Å². The Morgan fingerprint density at radius 1 is 1.74 bits per heavy atom. The molecule has 6 nitrogen and oxygen atoms in total. The second kappa shape index (κ2) is 6.34. The van der Waals surface area contributed by atoms with Gasteiger partial charge in [0.05, 0.1) is 12.2 Å². The van der Waals surface area contributed by atoms with Gasteiger partial charge in [-0.25, -0.2) is 0 Å². The van der Waals surface area contributed by atoms with Gasteiger partial charge in [-0.1, -0.05) is 6.08 Å². The Labute approximate surface area is 112 Å². The van der Waals surface area contributed by atoms with Gasteiger partial charge in [0.1, 0.15) is 5.60 Å². The summed E-state index contributed by atoms with van der Waals surface area (Å²) in [7, 11) is 0. The van der Waals surface area contributed by atoms with Crippen LogP contribution >= 0.6 is 0 Å². The SMILES string of the molecule is C=C[C@@H]1C[C@](C)(OC(C)=O)[C@H](CC/C(O)=C/[N+]#N)O1. The van der Waals surface area contributed by atoms with Crippen molar-refractivity contribution < 1.29 is 19.4 Å². The second-order valence-corrected chi connectivity index (χ2v) is 4.78. The minimum absolute atomic E-state index is 0.0571. The van der Waals surface area contributed by atoms with Gasteiger partial charge in [-0.05, 0) is 13.3 Å². The molecular weight excluding hydrogens is 248 g/mol. The molecule has 19 heavy (non-hydrogen) atoms. The Morgan fingerprint density at radius 2 is 2.42 bits per heavy atom. The zero-order valence-electron chi connectivity index (χ0n) is 11.2. The molecule has 0 spiro atoms. The van der Waals surface area contributed by atoms with Crippen LogP contribution in [0.25, 0.3) is 4.98 Å². The maximum atomic E-state index is 11.2. The molecule has 0 bridgehead atoms. The number of rotatable bonds is 5. The molecule has 6 heteroatoms. The molecule has 0 saturated carbocycles. The summed E-state index contributed by atoms with van der Waals surface area (Å²) in [4.78, 5) is 13.9. The number of esters is 1. The lowest BCUT2D eigenvalue weighted by molar-refractivity contribution is -0.161. The first-order valence-electron chi connectivity index (χ1n) is 6.11. The number of aliphatic hydroxyl groups excluding tert-OH is 1. The van der Waals surface area contributed by atoms with Crippen molar-refractivity contribution in [3.05, 3.63) is 29.6 Å². The molecule has 1 rings (SSSR count). The van der Waals surface area contributed by atoms with Gasteiger partial charge in [-0.2, -0.15) is 0 Å². The van der Waals surface area contributed by atoms with Gasteiger partial charge >= 0.3 is 12.2 Å². The van der Waals surface area contributed by atoms with Crippen molar-refractivity contribution in [3.8, 4) is 0 Å². The fourth-order valence-corrected chi connectivity index (χ4v) is 2.29. The van der Waals surface area contributed by atoms with E-state index >= 15 is 0 Å². The quantitative estimate of drug-likeness (QED) is 0.358. The molecule has 3 atom stereocenters. The van der Waals surface area contributed by atoms with Crippen LogP contribution in [0.5, 0.6) is 0 Å². The molecule has 1 heterocycles. The lowest BCUT2D eigenvalue weighted by atomic mass is 9.92. The number of ether oxygens (including phenoxy) is 2. The number of carbonyl (C=O) groups is 1. The van der Waals surface area contributed by atoms with E-state index in [1.165, 1.54) is 6.92 Å². The molecule has 0 aromatic carbocycles. The maximum Gasteiger partial charge on any atom is 0.387 e. The van der Waals surface area contributed by atoms with Crippen LogP contribution in [-0.2, 0) is 14.3 Å². The monoisotopic (exact) mass is 267 g/mol. The highest BCUT2D eigenvalue weighted by molar-refractivity contribution is 5.66. The summed E-state index contributed by atoms with van der Waals surface area (Å²) in [5.74, 6) is -0.427. The Morgan fingerprint density at radius 3 is 2.95 bits per heavy atom. The van der Waals surface area contributed by atoms with Crippen molar-refractivity contribution in [2.45, 2.75) is 50.9 Å². The van der Waals surface area contributed by atoms with Crippen molar-refractivity contribution in [1.82, 2.24) is 0 Å². The molecule has 0 amide bonds. The van der Waals surface area contributed by atoms with Gasteiger partial charge < -0.3 is 14.6 Å². The lowest BCUT2D eigenvalue weighted by Gasteiger charge is -2.29. The summed E-state index contributed by atoms with van der Waals surface area (Å²) in [5.41, 5.74) is -0.735. The Kier molecular flexibility index (Phi) is 5.07. The number of hydrogen-bond donors (Lipinski definition) is 1. The molecule has 0 aromatic rings. The smallest absolute Gasteiger partial charge is 0.387 e. The number of hydrogen-bond acceptors (Lipinski definition) is 5. The van der Waals surface area contributed by atoms with E-state index in [4.69, 9.17) is 14.9 Å². The molecule has 1 N–H and O–H groups in total. The minimum atomic E-state index is -0.735. The van der Waals surface area contributed by atoms with E-state index in [1.807, 2.05) is 0 Å². The first-order chi connectivity index (χ1) is 8.91. The van der Waals surface area contributed by atoms with E-state index in [2.05, 4.69) is 11.6 Å². The Hall–Kier alpha value is -1.87. The third kappa shape index (κ3) is 4.07. The summed E-state index contributed by atoms with van der Waals surface area (Å²) in [6.45, 7) is 6.83. The van der Waals surface area contributed by atoms with Crippen molar-refractivity contribution in [2.24, 2.45) is 0 Å². The molecule has 0 aliphatic carbocycles. The van der Waals surface area contributed by atoms with Crippen molar-refractivity contribution >= 4 is 5.97 Å². The number of carbonyl (C=O) groups excluding carboxylic acids is 1. The average molecular weight is 267 g/mol. The highest BCUT2D eigenvalue weighted by Crippen LogP contribution is 2.37. The number of diazo groups is 1. The average Bonchev–Trinajstić information content (AvgIpc) is 2.62. The van der Waals surface area contributed by atoms with E-state index < -0.39 is 5.60 Å². The molecule has 1 saturated heterocycles. The minimum Gasteiger partial charge on any atom is -0.505 e. The Bertz CT molecular complexity index is 427. The molecule has 104 valence electrons. The van der Waals surface area contributed by atoms with Crippen molar-refractivity contribution in [3.63, 3.8) is 0 Å². The molecule has 0 aromatic heterocycles. The molecule has 0 unspecified atom stereocenters. The maximum absolute atomic E-state index is 11.2. The Balaban J connectivity index is 2.72. The van der Waals surface area contributed by atoms with Crippen molar-refractivity contribution in [2.75, 3.05) is 0 Å². The van der Waals surface area contributed by atoms with E-state index in [1.54, 1.807) is 13.0 Å². The van der Waals surface area contributed by atoms with E-state index in [0.717, 1.165) is 6.20 Å². The van der Waals surface area contributed by atoms with Crippen LogP contribution in [0.1, 0.15) is 33.1 Å². The standard InChI is InChI=1S/C13H18N2O4/c1-4-11-7-13(3,19-9(2)16)12(18-11)6-5-10(17)8-15-14/h4,8,11-12H,1,5-7H2,2-3H3/p+1/b10-8-/t11-,12+,13+/m1/s1. The van der Waals surface area contributed by atoms with Gasteiger partial charge in [0, 0.05) is 19.8 Å². The van der Waals surface area contributed by atoms with Crippen LogP contribution in [-0.4, -0.2) is 28.9 Å². The summed E-state index contributed by atoms with van der Waals surface area (Å²) < 4.78 is 11.1. The molecule has 1 aliphatic heterocycles.